The molecule has 0 bridgehead atoms. The predicted molar refractivity (Wildman–Crippen MR) is 46.3 cm³/mol. The van der Waals surface area contributed by atoms with Crippen molar-refractivity contribution in [1.82, 2.24) is 0 Å². The van der Waals surface area contributed by atoms with Crippen LogP contribution < -0.4 is 0 Å². The normalized spacial score (nSPS) is 12.6. The highest BCUT2D eigenvalue weighted by molar-refractivity contribution is 7.10. The third kappa shape index (κ3) is 1.84. The van der Waals surface area contributed by atoms with Crippen molar-refractivity contribution in [2.75, 3.05) is 7.11 Å². The van der Waals surface area contributed by atoms with Gasteiger partial charge in [-0.25, -0.2) is 4.79 Å². The van der Waals surface area contributed by atoms with Gasteiger partial charge in [0.2, 0.25) is 0 Å². The van der Waals surface area contributed by atoms with E-state index in [1.54, 1.807) is 18.4 Å². The molecule has 1 N–H and O–H groups in total. The van der Waals surface area contributed by atoms with Crippen molar-refractivity contribution in [2.24, 2.45) is 0 Å². The van der Waals surface area contributed by atoms with Gasteiger partial charge in [-0.2, -0.15) is 0 Å². The average molecular weight is 186 g/mol. The van der Waals surface area contributed by atoms with Gasteiger partial charge in [0.05, 0.1) is 18.8 Å². The summed E-state index contributed by atoms with van der Waals surface area (Å²) in [5.74, 6) is -0.363. The Kier molecular flexibility index (Phi) is 2.83. The van der Waals surface area contributed by atoms with Crippen molar-refractivity contribution >= 4 is 17.3 Å². The second-order valence-electron chi connectivity index (χ2n) is 2.41. The number of esters is 1. The van der Waals surface area contributed by atoms with Crippen molar-refractivity contribution in [3.63, 3.8) is 0 Å². The van der Waals surface area contributed by atoms with E-state index in [1.165, 1.54) is 18.4 Å². The number of ether oxygens (including phenoxy) is 1. The zero-order valence-electron chi connectivity index (χ0n) is 6.90. The summed E-state index contributed by atoms with van der Waals surface area (Å²) in [6.45, 7) is 1.66. The Hall–Kier alpha value is -0.870. The molecule has 0 aliphatic heterocycles. The summed E-state index contributed by atoms with van der Waals surface area (Å²) in [4.78, 5) is 11.7. The molecular weight excluding hydrogens is 176 g/mol. The largest absolute Gasteiger partial charge is 0.465 e. The predicted octanol–water partition coefficient (Wildman–Crippen LogP) is 1.59. The number of methoxy groups -OCH3 is 1. The molecule has 0 aliphatic carbocycles. The Morgan fingerprint density at radius 3 is 2.83 bits per heavy atom. The number of carbonyl (C=O) groups excluding carboxylic acids is 1. The van der Waals surface area contributed by atoms with E-state index in [-0.39, 0.29) is 5.97 Å². The van der Waals surface area contributed by atoms with Crippen LogP contribution in [-0.2, 0) is 4.74 Å². The van der Waals surface area contributed by atoms with Crippen LogP contribution in [0.3, 0.4) is 0 Å². The molecule has 1 unspecified atom stereocenters. The molecule has 1 aromatic rings. The van der Waals surface area contributed by atoms with E-state index in [0.29, 0.717) is 5.56 Å². The number of aliphatic hydroxyl groups is 1. The Bertz CT molecular complexity index is 278. The van der Waals surface area contributed by atoms with E-state index in [2.05, 4.69) is 4.74 Å². The van der Waals surface area contributed by atoms with Crippen LogP contribution >= 0.6 is 11.3 Å². The number of hydrogen-bond donors (Lipinski definition) is 1. The minimum Gasteiger partial charge on any atom is -0.465 e. The van der Waals surface area contributed by atoms with Crippen LogP contribution in [0.5, 0.6) is 0 Å². The Labute approximate surface area is 74.6 Å². The first-order chi connectivity index (χ1) is 5.65. The topological polar surface area (TPSA) is 46.5 Å². The minimum absolute atomic E-state index is 0.363. The lowest BCUT2D eigenvalue weighted by atomic mass is 10.2. The summed E-state index contributed by atoms with van der Waals surface area (Å²) in [5.41, 5.74) is 0.499. The molecule has 0 aliphatic rings. The van der Waals surface area contributed by atoms with Crippen molar-refractivity contribution in [3.8, 4) is 0 Å². The molecule has 0 radical (unpaired) electrons. The molecule has 0 fully saturated rings. The van der Waals surface area contributed by atoms with Crippen molar-refractivity contribution in [3.05, 3.63) is 21.9 Å². The first kappa shape index (κ1) is 9.22. The zero-order valence-corrected chi connectivity index (χ0v) is 7.72. The van der Waals surface area contributed by atoms with E-state index < -0.39 is 6.10 Å². The molecule has 0 saturated carbocycles. The number of thiophene rings is 1. The SMILES string of the molecule is COC(=O)c1csc(C(C)O)c1. The lowest BCUT2D eigenvalue weighted by molar-refractivity contribution is 0.0601. The van der Waals surface area contributed by atoms with Gasteiger partial charge < -0.3 is 9.84 Å². The number of hydrogen-bond acceptors (Lipinski definition) is 4. The fourth-order valence-electron chi connectivity index (χ4n) is 0.797. The van der Waals surface area contributed by atoms with Gasteiger partial charge in [-0.05, 0) is 13.0 Å². The lowest BCUT2D eigenvalue weighted by Gasteiger charge is -1.96. The van der Waals surface area contributed by atoms with Gasteiger partial charge in [0.15, 0.2) is 0 Å². The highest BCUT2D eigenvalue weighted by atomic mass is 32.1. The first-order valence-electron chi connectivity index (χ1n) is 3.50. The second kappa shape index (κ2) is 3.69. The summed E-state index contributed by atoms with van der Waals surface area (Å²) < 4.78 is 4.52. The van der Waals surface area contributed by atoms with Crippen LogP contribution in [0.15, 0.2) is 11.4 Å². The Morgan fingerprint density at radius 1 is 1.75 bits per heavy atom. The maximum Gasteiger partial charge on any atom is 0.338 e. The third-order valence-corrected chi connectivity index (χ3v) is 2.56. The lowest BCUT2D eigenvalue weighted by Crippen LogP contribution is -1.98. The molecule has 1 aromatic heterocycles. The Morgan fingerprint density at radius 2 is 2.42 bits per heavy atom. The molecule has 0 spiro atoms. The van der Waals surface area contributed by atoms with E-state index >= 15 is 0 Å². The molecule has 4 heteroatoms. The summed E-state index contributed by atoms with van der Waals surface area (Å²) in [5, 5.41) is 10.8. The van der Waals surface area contributed by atoms with E-state index in [9.17, 15) is 4.79 Å². The van der Waals surface area contributed by atoms with Gasteiger partial charge in [-0.3, -0.25) is 0 Å². The first-order valence-corrected chi connectivity index (χ1v) is 4.38. The molecule has 0 saturated heterocycles. The van der Waals surface area contributed by atoms with Crippen molar-refractivity contribution in [1.29, 1.82) is 0 Å². The molecular formula is C8H10O3S. The van der Waals surface area contributed by atoms with Crippen LogP contribution in [0.1, 0.15) is 28.3 Å². The standard InChI is InChI=1S/C8H10O3S/c1-5(9)7-3-6(4-12-7)8(10)11-2/h3-5,9H,1-2H3. The van der Waals surface area contributed by atoms with E-state index in [0.717, 1.165) is 4.88 Å². The smallest absolute Gasteiger partial charge is 0.338 e. The summed E-state index contributed by atoms with van der Waals surface area (Å²) in [7, 11) is 1.34. The highest BCUT2D eigenvalue weighted by Gasteiger charge is 2.10. The molecule has 0 aromatic carbocycles. The summed E-state index contributed by atoms with van der Waals surface area (Å²) >= 11 is 1.35. The van der Waals surface area contributed by atoms with Crippen LogP contribution in [0, 0.1) is 0 Å². The molecule has 1 atom stereocenters. The van der Waals surface area contributed by atoms with Gasteiger partial charge in [-0.15, -0.1) is 11.3 Å². The van der Waals surface area contributed by atoms with E-state index in [1.807, 2.05) is 0 Å². The Balaban J connectivity index is 2.84. The average Bonchev–Trinajstić information content (AvgIpc) is 2.51. The second-order valence-corrected chi connectivity index (χ2v) is 3.35. The zero-order chi connectivity index (χ0) is 9.14. The fourth-order valence-corrected chi connectivity index (χ4v) is 1.62. The number of carbonyl (C=O) groups is 1. The van der Waals surface area contributed by atoms with Gasteiger partial charge in [0.1, 0.15) is 0 Å². The van der Waals surface area contributed by atoms with Gasteiger partial charge in [0.25, 0.3) is 0 Å². The number of rotatable bonds is 2. The van der Waals surface area contributed by atoms with Crippen molar-refractivity contribution in [2.45, 2.75) is 13.0 Å². The van der Waals surface area contributed by atoms with E-state index in [4.69, 9.17) is 5.11 Å². The maximum absolute atomic E-state index is 11.0. The number of aliphatic hydroxyl groups excluding tert-OH is 1. The fraction of sp³-hybridized carbons (Fsp3) is 0.375. The van der Waals surface area contributed by atoms with Crippen LogP contribution in [0.25, 0.3) is 0 Å². The maximum atomic E-state index is 11.0. The third-order valence-electron chi connectivity index (χ3n) is 1.45. The van der Waals surface area contributed by atoms with Crippen molar-refractivity contribution < 1.29 is 14.6 Å². The van der Waals surface area contributed by atoms with Crippen LogP contribution in [0.4, 0.5) is 0 Å². The molecule has 1 heterocycles. The van der Waals surface area contributed by atoms with Gasteiger partial charge >= 0.3 is 5.97 Å². The molecule has 0 amide bonds. The molecule has 3 nitrogen and oxygen atoms in total. The van der Waals surface area contributed by atoms with Gasteiger partial charge in [-0.1, -0.05) is 0 Å². The van der Waals surface area contributed by atoms with Crippen LogP contribution in [0.2, 0.25) is 0 Å². The summed E-state index contributed by atoms with van der Waals surface area (Å²) in [6, 6.07) is 1.64. The molecule has 1 rings (SSSR count). The van der Waals surface area contributed by atoms with Crippen LogP contribution in [-0.4, -0.2) is 18.2 Å². The summed E-state index contributed by atoms with van der Waals surface area (Å²) in [6.07, 6.45) is -0.520. The van der Waals surface area contributed by atoms with Gasteiger partial charge in [0, 0.05) is 10.3 Å². The molecule has 66 valence electrons. The minimum atomic E-state index is -0.520. The quantitative estimate of drug-likeness (QED) is 0.713. The highest BCUT2D eigenvalue weighted by Crippen LogP contribution is 2.21. The molecule has 12 heavy (non-hydrogen) atoms. The monoisotopic (exact) mass is 186 g/mol.